The van der Waals surface area contributed by atoms with Gasteiger partial charge in [-0.2, -0.15) is 10.4 Å². The molecular formula is C21H19BrN4S. The number of benzene rings is 2. The van der Waals surface area contributed by atoms with Crippen LogP contribution in [0.3, 0.4) is 0 Å². The molecule has 0 saturated heterocycles. The van der Waals surface area contributed by atoms with Crippen molar-refractivity contribution in [2.75, 3.05) is 5.43 Å². The van der Waals surface area contributed by atoms with Crippen LogP contribution < -0.4 is 5.43 Å². The van der Waals surface area contributed by atoms with E-state index in [4.69, 9.17) is 0 Å². The summed E-state index contributed by atoms with van der Waals surface area (Å²) in [5.41, 5.74) is 7.25. The fourth-order valence-corrected chi connectivity index (χ4v) is 3.53. The average molecular weight is 439 g/mol. The minimum atomic E-state index is 0.276. The maximum absolute atomic E-state index is 9.45. The predicted molar refractivity (Wildman–Crippen MR) is 116 cm³/mol. The number of halogens is 1. The second-order valence-corrected chi connectivity index (χ2v) is 7.80. The minimum absolute atomic E-state index is 0.276. The van der Waals surface area contributed by atoms with Crippen molar-refractivity contribution in [2.45, 2.75) is 26.2 Å². The highest BCUT2D eigenvalue weighted by molar-refractivity contribution is 9.10. The number of hydrazone groups is 1. The van der Waals surface area contributed by atoms with Gasteiger partial charge in [-0.25, -0.2) is 4.98 Å². The van der Waals surface area contributed by atoms with Gasteiger partial charge in [-0.3, -0.25) is 5.43 Å². The van der Waals surface area contributed by atoms with Crippen LogP contribution >= 0.6 is 27.3 Å². The van der Waals surface area contributed by atoms with E-state index in [-0.39, 0.29) is 5.71 Å². The molecule has 27 heavy (non-hydrogen) atoms. The number of thiazole rings is 1. The van der Waals surface area contributed by atoms with Crippen LogP contribution in [0.1, 0.15) is 30.3 Å². The Morgan fingerprint density at radius 1 is 1.19 bits per heavy atom. The third kappa shape index (κ3) is 5.25. The Labute approximate surface area is 171 Å². The first kappa shape index (κ1) is 19.3. The number of aromatic nitrogens is 1. The molecule has 0 saturated carbocycles. The van der Waals surface area contributed by atoms with Gasteiger partial charge in [0.15, 0.2) is 10.7 Å². The molecule has 0 aliphatic carbocycles. The van der Waals surface area contributed by atoms with Crippen molar-refractivity contribution in [3.05, 3.63) is 69.0 Å². The fraction of sp³-hybridized carbons (Fsp3) is 0.190. The highest BCUT2D eigenvalue weighted by atomic mass is 79.9. The lowest BCUT2D eigenvalue weighted by atomic mass is 10.1. The van der Waals surface area contributed by atoms with Crippen LogP contribution in [0.4, 0.5) is 5.69 Å². The van der Waals surface area contributed by atoms with Crippen LogP contribution in [0.25, 0.3) is 11.3 Å². The van der Waals surface area contributed by atoms with E-state index in [1.807, 2.05) is 41.8 Å². The summed E-state index contributed by atoms with van der Waals surface area (Å²) in [7, 11) is 0. The molecule has 1 aromatic heterocycles. The molecule has 0 amide bonds. The molecule has 0 spiro atoms. The topological polar surface area (TPSA) is 61.1 Å². The van der Waals surface area contributed by atoms with Gasteiger partial charge >= 0.3 is 0 Å². The van der Waals surface area contributed by atoms with Crippen molar-refractivity contribution < 1.29 is 0 Å². The third-order valence-electron chi connectivity index (χ3n) is 4.02. The van der Waals surface area contributed by atoms with Crippen LogP contribution in [-0.2, 0) is 6.42 Å². The molecule has 136 valence electrons. The molecule has 0 atom stereocenters. The molecule has 0 unspecified atom stereocenters. The smallest absolute Gasteiger partial charge is 0.196 e. The third-order valence-corrected chi connectivity index (χ3v) is 5.40. The average Bonchev–Trinajstić information content (AvgIpc) is 3.18. The summed E-state index contributed by atoms with van der Waals surface area (Å²) in [6.07, 6.45) is 3.46. The maximum atomic E-state index is 9.45. The van der Waals surface area contributed by atoms with Crippen LogP contribution in [0, 0.1) is 11.3 Å². The van der Waals surface area contributed by atoms with Crippen LogP contribution in [-0.4, -0.2) is 10.7 Å². The number of aryl methyl sites for hydroxylation is 1. The summed E-state index contributed by atoms with van der Waals surface area (Å²) in [5.74, 6) is 0. The largest absolute Gasteiger partial charge is 0.277 e. The molecule has 1 N–H and O–H groups in total. The fourth-order valence-electron chi connectivity index (χ4n) is 2.50. The number of nitrogens with one attached hydrogen (secondary N) is 1. The minimum Gasteiger partial charge on any atom is -0.277 e. The Hall–Kier alpha value is -2.49. The lowest BCUT2D eigenvalue weighted by molar-refractivity contribution is 0.795. The predicted octanol–water partition coefficient (Wildman–Crippen LogP) is 6.25. The van der Waals surface area contributed by atoms with Gasteiger partial charge in [0.2, 0.25) is 0 Å². The lowest BCUT2D eigenvalue weighted by Gasteiger charge is -2.03. The van der Waals surface area contributed by atoms with Gasteiger partial charge in [-0.15, -0.1) is 11.3 Å². The second-order valence-electron chi connectivity index (χ2n) is 6.03. The molecule has 0 aliphatic rings. The summed E-state index contributed by atoms with van der Waals surface area (Å²) >= 11 is 4.84. The molecule has 0 radical (unpaired) electrons. The number of nitrogens with zero attached hydrogens (tertiary/aromatic N) is 3. The number of hydrogen-bond donors (Lipinski definition) is 1. The van der Waals surface area contributed by atoms with Crippen LogP contribution in [0.15, 0.2) is 63.5 Å². The Morgan fingerprint density at radius 3 is 2.59 bits per heavy atom. The maximum Gasteiger partial charge on any atom is 0.196 e. The van der Waals surface area contributed by atoms with Gasteiger partial charge in [0.05, 0.1) is 11.4 Å². The van der Waals surface area contributed by atoms with Crippen LogP contribution in [0.5, 0.6) is 0 Å². The van der Waals surface area contributed by atoms with E-state index in [0.717, 1.165) is 27.8 Å². The summed E-state index contributed by atoms with van der Waals surface area (Å²) in [6, 6.07) is 18.2. The number of nitriles is 1. The zero-order valence-corrected chi connectivity index (χ0v) is 17.3. The van der Waals surface area contributed by atoms with Crippen molar-refractivity contribution in [3.8, 4) is 17.3 Å². The van der Waals surface area contributed by atoms with E-state index in [1.165, 1.54) is 29.7 Å². The number of unbranched alkanes of at least 4 members (excludes halogenated alkanes) is 1. The molecule has 0 fully saturated rings. The zero-order valence-electron chi connectivity index (χ0n) is 14.9. The van der Waals surface area contributed by atoms with Crippen LogP contribution in [0.2, 0.25) is 0 Å². The van der Waals surface area contributed by atoms with Crippen molar-refractivity contribution >= 4 is 38.7 Å². The normalized spacial score (nSPS) is 11.2. The first-order chi connectivity index (χ1) is 13.2. The summed E-state index contributed by atoms with van der Waals surface area (Å²) < 4.78 is 1.02. The molecule has 6 heteroatoms. The quantitative estimate of drug-likeness (QED) is 0.349. The Morgan fingerprint density at radius 2 is 1.93 bits per heavy atom. The standard InChI is InChI=1S/C21H19BrN4S/c1-2-3-4-15-5-11-18(12-6-15)25-26-19(13-23)21-24-20(14-27-21)16-7-9-17(22)10-8-16/h5-12,14,25H,2-4H2,1H3/b26-19+. The van der Waals surface area contributed by atoms with E-state index in [1.54, 1.807) is 0 Å². The SMILES string of the molecule is CCCCc1ccc(N/N=C(\C#N)c2nc(-c3ccc(Br)cc3)cs2)cc1. The molecule has 3 aromatic rings. The van der Waals surface area contributed by atoms with Gasteiger partial charge in [0, 0.05) is 15.4 Å². The monoisotopic (exact) mass is 438 g/mol. The Kier molecular flexibility index (Phi) is 6.74. The molecule has 0 aliphatic heterocycles. The van der Waals surface area contributed by atoms with E-state index in [2.05, 4.69) is 56.6 Å². The highest BCUT2D eigenvalue weighted by Crippen LogP contribution is 2.24. The summed E-state index contributed by atoms with van der Waals surface area (Å²) in [6.45, 7) is 2.19. The number of anilines is 1. The van der Waals surface area contributed by atoms with Gasteiger partial charge in [0.1, 0.15) is 6.07 Å². The van der Waals surface area contributed by atoms with E-state index in [9.17, 15) is 5.26 Å². The Bertz CT molecular complexity index is 953. The van der Waals surface area contributed by atoms with Gasteiger partial charge in [0.25, 0.3) is 0 Å². The van der Waals surface area contributed by atoms with Crippen molar-refractivity contribution in [1.29, 1.82) is 5.26 Å². The molecule has 0 bridgehead atoms. The molecule has 1 heterocycles. The van der Waals surface area contributed by atoms with E-state index in [0.29, 0.717) is 5.01 Å². The molecular weight excluding hydrogens is 420 g/mol. The highest BCUT2D eigenvalue weighted by Gasteiger charge is 2.10. The van der Waals surface area contributed by atoms with Gasteiger partial charge in [-0.05, 0) is 42.7 Å². The molecule has 4 nitrogen and oxygen atoms in total. The van der Waals surface area contributed by atoms with E-state index < -0.39 is 0 Å². The summed E-state index contributed by atoms with van der Waals surface area (Å²) in [4.78, 5) is 4.55. The number of rotatable bonds is 7. The number of hydrogen-bond acceptors (Lipinski definition) is 5. The lowest BCUT2D eigenvalue weighted by Crippen LogP contribution is -2.01. The van der Waals surface area contributed by atoms with Gasteiger partial charge in [-0.1, -0.05) is 53.5 Å². The molecule has 2 aromatic carbocycles. The van der Waals surface area contributed by atoms with Crippen molar-refractivity contribution in [1.82, 2.24) is 4.98 Å². The van der Waals surface area contributed by atoms with E-state index >= 15 is 0 Å². The first-order valence-corrected chi connectivity index (χ1v) is 10.4. The molecule has 3 rings (SSSR count). The zero-order chi connectivity index (χ0) is 19.1. The Balaban J connectivity index is 1.71. The summed E-state index contributed by atoms with van der Waals surface area (Å²) in [5, 5.41) is 16.2. The van der Waals surface area contributed by atoms with Crippen molar-refractivity contribution in [2.24, 2.45) is 5.10 Å². The second kappa shape index (κ2) is 9.45. The van der Waals surface area contributed by atoms with Gasteiger partial charge < -0.3 is 0 Å². The van der Waals surface area contributed by atoms with Crippen molar-refractivity contribution in [3.63, 3.8) is 0 Å². The first-order valence-electron chi connectivity index (χ1n) is 8.74.